The number of benzene rings is 1. The smallest absolute Gasteiger partial charge is 0.226 e. The van der Waals surface area contributed by atoms with E-state index in [-0.39, 0.29) is 23.2 Å². The summed E-state index contributed by atoms with van der Waals surface area (Å²) in [4.78, 5) is 12.7. The molecule has 22 heavy (non-hydrogen) atoms. The Bertz CT molecular complexity index is 532. The maximum atomic E-state index is 13.4. The van der Waals surface area contributed by atoms with Gasteiger partial charge in [-0.25, -0.2) is 4.39 Å². The molecule has 2 rings (SSSR count). The van der Waals surface area contributed by atoms with Gasteiger partial charge in [-0.3, -0.25) is 4.79 Å². The molecule has 122 valence electrons. The van der Waals surface area contributed by atoms with Crippen molar-refractivity contribution >= 4 is 5.91 Å². The van der Waals surface area contributed by atoms with E-state index in [4.69, 9.17) is 4.74 Å². The van der Waals surface area contributed by atoms with Crippen LogP contribution in [-0.4, -0.2) is 12.5 Å². The molecule has 0 bridgehead atoms. The van der Waals surface area contributed by atoms with Crippen LogP contribution in [0.2, 0.25) is 0 Å². The zero-order chi connectivity index (χ0) is 16.2. The summed E-state index contributed by atoms with van der Waals surface area (Å²) in [6.07, 6.45) is 4.32. The van der Waals surface area contributed by atoms with Gasteiger partial charge in [0, 0.05) is 17.0 Å². The van der Waals surface area contributed by atoms with Crippen molar-refractivity contribution in [3.05, 3.63) is 29.6 Å². The number of carbonyl (C=O) groups is 1. The van der Waals surface area contributed by atoms with Crippen molar-refractivity contribution in [2.75, 3.05) is 6.61 Å². The second-order valence-corrected chi connectivity index (χ2v) is 6.36. The zero-order valence-corrected chi connectivity index (χ0v) is 13.7. The molecule has 0 saturated heterocycles. The standard InChI is InChI=1S/C18H26FNO2/c1-4-10-18(3,5-2)17(21)20-15-7-6-11-22-16-12-13(19)8-9-14(15)16/h8-9,12,15H,4-7,10-11H2,1-3H3,(H,20,21)/t15-,18-/m1/s1. The molecule has 0 spiro atoms. The van der Waals surface area contributed by atoms with E-state index in [1.807, 2.05) is 6.92 Å². The molecule has 1 aromatic carbocycles. The van der Waals surface area contributed by atoms with Crippen LogP contribution in [0.1, 0.15) is 64.5 Å². The summed E-state index contributed by atoms with van der Waals surface area (Å²) in [6.45, 7) is 6.72. The maximum absolute atomic E-state index is 13.4. The summed E-state index contributed by atoms with van der Waals surface area (Å²) in [5.41, 5.74) is 0.532. The molecule has 1 heterocycles. The third kappa shape index (κ3) is 3.60. The number of amides is 1. The van der Waals surface area contributed by atoms with Gasteiger partial charge in [-0.2, -0.15) is 0 Å². The fourth-order valence-corrected chi connectivity index (χ4v) is 3.03. The van der Waals surface area contributed by atoms with Crippen molar-refractivity contribution in [1.82, 2.24) is 5.32 Å². The van der Waals surface area contributed by atoms with E-state index in [1.54, 1.807) is 6.07 Å². The van der Waals surface area contributed by atoms with Gasteiger partial charge < -0.3 is 10.1 Å². The largest absolute Gasteiger partial charge is 0.493 e. The van der Waals surface area contributed by atoms with E-state index in [9.17, 15) is 9.18 Å². The molecule has 1 aliphatic heterocycles. The molecule has 1 aliphatic rings. The Kier molecular flexibility index (Phi) is 5.43. The second kappa shape index (κ2) is 7.12. The number of rotatable bonds is 5. The van der Waals surface area contributed by atoms with Crippen molar-refractivity contribution < 1.29 is 13.9 Å². The molecule has 0 unspecified atom stereocenters. The van der Waals surface area contributed by atoms with Gasteiger partial charge in [-0.1, -0.05) is 33.3 Å². The molecule has 1 aromatic rings. The summed E-state index contributed by atoms with van der Waals surface area (Å²) >= 11 is 0. The van der Waals surface area contributed by atoms with E-state index in [0.29, 0.717) is 12.4 Å². The first-order chi connectivity index (χ1) is 10.5. The van der Waals surface area contributed by atoms with Crippen LogP contribution >= 0.6 is 0 Å². The Hall–Kier alpha value is -1.58. The highest BCUT2D eigenvalue weighted by Gasteiger charge is 2.33. The topological polar surface area (TPSA) is 38.3 Å². The molecule has 1 N–H and O–H groups in total. The molecule has 3 nitrogen and oxygen atoms in total. The number of nitrogens with one attached hydrogen (secondary N) is 1. The van der Waals surface area contributed by atoms with Crippen molar-refractivity contribution in [1.29, 1.82) is 0 Å². The SMILES string of the molecule is CCC[C@@](C)(CC)C(=O)N[C@@H]1CCCOc2cc(F)ccc21. The average molecular weight is 307 g/mol. The molecule has 0 aromatic heterocycles. The Morgan fingerprint density at radius 1 is 1.45 bits per heavy atom. The zero-order valence-electron chi connectivity index (χ0n) is 13.7. The summed E-state index contributed by atoms with van der Waals surface area (Å²) < 4.78 is 19.0. The summed E-state index contributed by atoms with van der Waals surface area (Å²) in [7, 11) is 0. The lowest BCUT2D eigenvalue weighted by Gasteiger charge is -2.29. The van der Waals surface area contributed by atoms with Crippen LogP contribution in [0.25, 0.3) is 0 Å². The van der Waals surface area contributed by atoms with E-state index in [2.05, 4.69) is 19.2 Å². The Balaban J connectivity index is 2.21. The van der Waals surface area contributed by atoms with Crippen LogP contribution < -0.4 is 10.1 Å². The lowest BCUT2D eigenvalue weighted by Crippen LogP contribution is -2.40. The van der Waals surface area contributed by atoms with Gasteiger partial charge in [-0.05, 0) is 31.7 Å². The predicted octanol–water partition coefficient (Wildman–Crippen LogP) is 4.37. The van der Waals surface area contributed by atoms with Gasteiger partial charge in [0.1, 0.15) is 11.6 Å². The van der Waals surface area contributed by atoms with E-state index in [1.165, 1.54) is 12.1 Å². The molecule has 0 fully saturated rings. The third-order valence-electron chi connectivity index (χ3n) is 4.68. The summed E-state index contributed by atoms with van der Waals surface area (Å²) in [6, 6.07) is 4.46. The highest BCUT2D eigenvalue weighted by Crippen LogP contribution is 2.34. The van der Waals surface area contributed by atoms with Crippen molar-refractivity contribution in [3.63, 3.8) is 0 Å². The molecular weight excluding hydrogens is 281 g/mol. The van der Waals surface area contributed by atoms with Crippen LogP contribution in [0.5, 0.6) is 5.75 Å². The van der Waals surface area contributed by atoms with Crippen LogP contribution in [0.3, 0.4) is 0 Å². The van der Waals surface area contributed by atoms with Gasteiger partial charge in [0.25, 0.3) is 0 Å². The van der Waals surface area contributed by atoms with Gasteiger partial charge in [0.15, 0.2) is 0 Å². The summed E-state index contributed by atoms with van der Waals surface area (Å²) in [5, 5.41) is 3.17. The molecule has 0 radical (unpaired) electrons. The number of ether oxygens (including phenoxy) is 1. The lowest BCUT2D eigenvalue weighted by molar-refractivity contribution is -0.131. The van der Waals surface area contributed by atoms with Crippen LogP contribution in [0, 0.1) is 11.2 Å². The Labute approximate surface area is 132 Å². The Morgan fingerprint density at radius 2 is 2.23 bits per heavy atom. The maximum Gasteiger partial charge on any atom is 0.226 e. The van der Waals surface area contributed by atoms with Crippen LogP contribution in [-0.2, 0) is 4.79 Å². The minimum Gasteiger partial charge on any atom is -0.493 e. The number of hydrogen-bond donors (Lipinski definition) is 1. The number of fused-ring (bicyclic) bond motifs is 1. The van der Waals surface area contributed by atoms with E-state index >= 15 is 0 Å². The fourth-order valence-electron chi connectivity index (χ4n) is 3.03. The molecule has 0 aliphatic carbocycles. The van der Waals surface area contributed by atoms with Gasteiger partial charge in [0.2, 0.25) is 5.91 Å². The second-order valence-electron chi connectivity index (χ2n) is 6.36. The van der Waals surface area contributed by atoms with Gasteiger partial charge in [0.05, 0.1) is 12.6 Å². The van der Waals surface area contributed by atoms with E-state index < -0.39 is 0 Å². The highest BCUT2D eigenvalue weighted by atomic mass is 19.1. The molecular formula is C18H26FNO2. The van der Waals surface area contributed by atoms with Crippen molar-refractivity contribution in [3.8, 4) is 5.75 Å². The first kappa shape index (κ1) is 16.8. The quantitative estimate of drug-likeness (QED) is 0.877. The van der Waals surface area contributed by atoms with E-state index in [0.717, 1.165) is 37.7 Å². The molecule has 4 heteroatoms. The van der Waals surface area contributed by atoms with Gasteiger partial charge >= 0.3 is 0 Å². The summed E-state index contributed by atoms with van der Waals surface area (Å²) in [5.74, 6) is 0.325. The number of hydrogen-bond acceptors (Lipinski definition) is 2. The number of halogens is 1. The first-order valence-electron chi connectivity index (χ1n) is 8.23. The van der Waals surface area contributed by atoms with Crippen LogP contribution in [0.15, 0.2) is 18.2 Å². The Morgan fingerprint density at radius 3 is 2.91 bits per heavy atom. The normalized spacial score (nSPS) is 20.3. The number of carbonyl (C=O) groups excluding carboxylic acids is 1. The van der Waals surface area contributed by atoms with Crippen LogP contribution in [0.4, 0.5) is 4.39 Å². The third-order valence-corrected chi connectivity index (χ3v) is 4.68. The fraction of sp³-hybridized carbons (Fsp3) is 0.611. The molecule has 1 amide bonds. The van der Waals surface area contributed by atoms with Crippen molar-refractivity contribution in [2.45, 2.75) is 58.9 Å². The minimum absolute atomic E-state index is 0.0824. The first-order valence-corrected chi connectivity index (χ1v) is 8.23. The molecule has 2 atom stereocenters. The van der Waals surface area contributed by atoms with Gasteiger partial charge in [-0.15, -0.1) is 0 Å². The minimum atomic E-state index is -0.345. The average Bonchev–Trinajstić information content (AvgIpc) is 2.69. The van der Waals surface area contributed by atoms with Crippen molar-refractivity contribution in [2.24, 2.45) is 5.41 Å². The molecule has 0 saturated carbocycles. The predicted molar refractivity (Wildman–Crippen MR) is 85.3 cm³/mol. The highest BCUT2D eigenvalue weighted by molar-refractivity contribution is 5.82. The monoisotopic (exact) mass is 307 g/mol. The lowest BCUT2D eigenvalue weighted by atomic mass is 9.81.